The average Bonchev–Trinajstić information content (AvgIpc) is 3.69. The minimum atomic E-state index is -0.582. The summed E-state index contributed by atoms with van der Waals surface area (Å²) in [6.45, 7) is 2.07. The topological polar surface area (TPSA) is 0 Å². The summed E-state index contributed by atoms with van der Waals surface area (Å²) in [5.41, 5.74) is 15.8. The van der Waals surface area contributed by atoms with Gasteiger partial charge in [0.15, 0.2) is 0 Å². The van der Waals surface area contributed by atoms with Crippen molar-refractivity contribution < 1.29 is 0 Å². The van der Waals surface area contributed by atoms with Gasteiger partial charge in [0.05, 0.1) is 10.8 Å². The predicted molar refractivity (Wildman–Crippen MR) is 223 cm³/mol. The van der Waals surface area contributed by atoms with Crippen LogP contribution in [-0.2, 0) is 10.8 Å². The third-order valence-electron chi connectivity index (χ3n) is 12.4. The van der Waals surface area contributed by atoms with Crippen molar-refractivity contribution in [3.05, 3.63) is 232 Å². The SMILES string of the molecule is C#CC(=CC=CC)C1(C2=CC=CCC2)C2=CCC3C=CC=CC3=C2c2cc3c(cc21)-c1c(ccc2ccccc12)C3(c1ccccc1)c1ccccc1. The molecule has 5 aliphatic rings. The van der Waals surface area contributed by atoms with E-state index in [9.17, 15) is 0 Å². The highest BCUT2D eigenvalue weighted by Gasteiger charge is 2.55. The first kappa shape index (κ1) is 31.6. The Hall–Kier alpha value is -6.16. The van der Waals surface area contributed by atoms with Crippen LogP contribution < -0.4 is 0 Å². The van der Waals surface area contributed by atoms with Gasteiger partial charge in [0.1, 0.15) is 0 Å². The highest BCUT2D eigenvalue weighted by Crippen LogP contribution is 2.66. The van der Waals surface area contributed by atoms with Crippen LogP contribution in [-0.4, -0.2) is 0 Å². The molecule has 5 aromatic rings. The number of fused-ring (bicyclic) bond motifs is 9. The van der Waals surface area contributed by atoms with Crippen molar-refractivity contribution in [1.82, 2.24) is 0 Å². The second-order valence-electron chi connectivity index (χ2n) is 14.8. The highest BCUT2D eigenvalue weighted by atomic mass is 14.6. The Morgan fingerprint density at radius 2 is 1.55 bits per heavy atom. The standard InChI is InChI=1S/C53H40/c1-3-5-21-38(4-2)52(39-22-9-6-10-23-39)46-32-30-36-19-15-17-28-42(36)50(46)44-35-49-45(34-48(44)52)51-43-29-18-16-20-37(43)31-33-47(51)53(49,40-24-11-7-12-25-40)41-26-13-8-14-27-41/h2-3,5-9,11-22,24-29,31-36H,10,23,30H2,1H3. The molecule has 0 aromatic heterocycles. The van der Waals surface area contributed by atoms with Gasteiger partial charge in [0, 0.05) is 11.5 Å². The molecule has 0 aliphatic heterocycles. The fraction of sp³-hybridized carbons (Fsp3) is 0.132. The number of hydrogen-bond acceptors (Lipinski definition) is 0. The molecule has 5 aliphatic carbocycles. The van der Waals surface area contributed by atoms with Gasteiger partial charge in [0.2, 0.25) is 0 Å². The normalized spacial score (nSPS) is 21.8. The lowest BCUT2D eigenvalue weighted by Crippen LogP contribution is -2.32. The van der Waals surface area contributed by atoms with E-state index in [1.54, 1.807) is 0 Å². The van der Waals surface area contributed by atoms with E-state index in [1.165, 1.54) is 77.6 Å². The molecule has 0 bridgehead atoms. The van der Waals surface area contributed by atoms with Crippen molar-refractivity contribution in [3.63, 3.8) is 0 Å². The summed E-state index contributed by atoms with van der Waals surface area (Å²) >= 11 is 0. The van der Waals surface area contributed by atoms with Crippen molar-refractivity contribution in [2.24, 2.45) is 5.92 Å². The first-order chi connectivity index (χ1) is 26.2. The molecular weight excluding hydrogens is 637 g/mol. The molecule has 10 rings (SSSR count). The van der Waals surface area contributed by atoms with Crippen molar-refractivity contribution >= 4 is 16.3 Å². The summed E-state index contributed by atoms with van der Waals surface area (Å²) in [7, 11) is 0. The van der Waals surface area contributed by atoms with Gasteiger partial charge in [-0.2, -0.15) is 0 Å². The van der Waals surface area contributed by atoms with Crippen LogP contribution in [0.1, 0.15) is 59.6 Å². The number of terminal acetylenes is 1. The number of benzene rings is 5. The van der Waals surface area contributed by atoms with Crippen molar-refractivity contribution in [3.8, 4) is 23.5 Å². The van der Waals surface area contributed by atoms with Crippen molar-refractivity contribution in [2.75, 3.05) is 0 Å². The van der Waals surface area contributed by atoms with Crippen LogP contribution >= 0.6 is 0 Å². The minimum absolute atomic E-state index is 0.332. The van der Waals surface area contributed by atoms with Gasteiger partial charge in [0.25, 0.3) is 0 Å². The quantitative estimate of drug-likeness (QED) is 0.126. The summed E-state index contributed by atoms with van der Waals surface area (Å²) in [4.78, 5) is 0. The van der Waals surface area contributed by atoms with Crippen LogP contribution in [0.25, 0.3) is 27.5 Å². The van der Waals surface area contributed by atoms with Gasteiger partial charge in [-0.1, -0.05) is 164 Å². The van der Waals surface area contributed by atoms with Crippen LogP contribution in [0.4, 0.5) is 0 Å². The van der Waals surface area contributed by atoms with Gasteiger partial charge in [-0.05, 0) is 122 Å². The molecule has 53 heavy (non-hydrogen) atoms. The van der Waals surface area contributed by atoms with Gasteiger partial charge >= 0.3 is 0 Å². The maximum absolute atomic E-state index is 6.69. The van der Waals surface area contributed by atoms with E-state index in [0.29, 0.717) is 5.92 Å². The van der Waals surface area contributed by atoms with Crippen molar-refractivity contribution in [2.45, 2.75) is 37.0 Å². The summed E-state index contributed by atoms with van der Waals surface area (Å²) in [5.74, 6) is 3.63. The van der Waals surface area contributed by atoms with Crippen molar-refractivity contribution in [1.29, 1.82) is 0 Å². The Morgan fingerprint density at radius 1 is 0.792 bits per heavy atom. The van der Waals surface area contributed by atoms with E-state index in [1.807, 2.05) is 0 Å². The molecule has 0 amide bonds. The van der Waals surface area contributed by atoms with Crippen LogP contribution in [0.3, 0.4) is 0 Å². The third-order valence-corrected chi connectivity index (χ3v) is 12.4. The van der Waals surface area contributed by atoms with E-state index >= 15 is 0 Å². The first-order valence-electron chi connectivity index (χ1n) is 19.0. The molecule has 0 nitrogen and oxygen atoms in total. The van der Waals surface area contributed by atoms with E-state index < -0.39 is 10.8 Å². The number of hydrogen-bond donors (Lipinski definition) is 0. The van der Waals surface area contributed by atoms with Gasteiger partial charge in [-0.25, -0.2) is 0 Å². The first-order valence-corrected chi connectivity index (χ1v) is 19.0. The summed E-state index contributed by atoms with van der Waals surface area (Å²) in [6, 6.07) is 41.2. The maximum Gasteiger partial charge on any atom is 0.0752 e. The second kappa shape index (κ2) is 12.2. The zero-order valence-corrected chi connectivity index (χ0v) is 30.0. The molecule has 0 heteroatoms. The third kappa shape index (κ3) is 4.26. The lowest BCUT2D eigenvalue weighted by molar-refractivity contribution is 0.678. The van der Waals surface area contributed by atoms with Gasteiger partial charge in [-0.15, -0.1) is 6.42 Å². The zero-order chi connectivity index (χ0) is 35.6. The Labute approximate surface area is 313 Å². The van der Waals surface area contributed by atoms with Gasteiger partial charge in [-0.3, -0.25) is 0 Å². The molecule has 5 aromatic carbocycles. The largest absolute Gasteiger partial charge is 0.115 e. The average molecular weight is 677 g/mol. The number of allylic oxidation sites excluding steroid dienone is 16. The van der Waals surface area contributed by atoms with Crippen LogP contribution in [0.2, 0.25) is 0 Å². The van der Waals surface area contributed by atoms with Gasteiger partial charge < -0.3 is 0 Å². The fourth-order valence-corrected chi connectivity index (χ4v) is 10.4. The summed E-state index contributed by atoms with van der Waals surface area (Å²) < 4.78 is 0. The molecule has 0 saturated heterocycles. The summed E-state index contributed by atoms with van der Waals surface area (Å²) in [6.07, 6.45) is 34.6. The molecule has 0 saturated carbocycles. The predicted octanol–water partition coefficient (Wildman–Crippen LogP) is 12.7. The van der Waals surface area contributed by atoms with E-state index in [-0.39, 0.29) is 0 Å². The second-order valence-corrected chi connectivity index (χ2v) is 14.8. The van der Waals surface area contributed by atoms with E-state index in [0.717, 1.165) is 24.8 Å². The minimum Gasteiger partial charge on any atom is -0.115 e. The maximum atomic E-state index is 6.69. The Balaban J connectivity index is 1.43. The Kier molecular flexibility index (Phi) is 7.28. The van der Waals surface area contributed by atoms with Crippen LogP contribution in [0, 0.1) is 18.3 Å². The Bertz CT molecular complexity index is 2600. The summed E-state index contributed by atoms with van der Waals surface area (Å²) in [5, 5.41) is 2.53. The molecule has 2 unspecified atom stereocenters. The molecule has 0 fully saturated rings. The van der Waals surface area contributed by atoms with Crippen LogP contribution in [0.15, 0.2) is 198 Å². The molecule has 0 N–H and O–H groups in total. The van der Waals surface area contributed by atoms with Crippen LogP contribution in [0.5, 0.6) is 0 Å². The highest BCUT2D eigenvalue weighted by molar-refractivity contribution is 6.07. The molecule has 2 atom stereocenters. The monoisotopic (exact) mass is 676 g/mol. The molecule has 0 radical (unpaired) electrons. The number of rotatable bonds is 5. The Morgan fingerprint density at radius 3 is 2.28 bits per heavy atom. The molecule has 252 valence electrons. The molecule has 0 heterocycles. The molecule has 0 spiro atoms. The molecular formula is C53H40. The zero-order valence-electron chi connectivity index (χ0n) is 30.0. The van der Waals surface area contributed by atoms with E-state index in [4.69, 9.17) is 6.42 Å². The lowest BCUT2D eigenvalue weighted by atomic mass is 9.63. The fourth-order valence-electron chi connectivity index (χ4n) is 10.4. The van der Waals surface area contributed by atoms with E-state index in [2.05, 4.69) is 189 Å². The smallest absolute Gasteiger partial charge is 0.0752 e. The lowest BCUT2D eigenvalue weighted by Gasteiger charge is -2.38.